The molecule has 2 heterocycles. The number of unbranched alkanes of at least 4 members (excludes halogenated alkanes) is 4. The first-order valence-electron chi connectivity index (χ1n) is 13.8. The van der Waals surface area contributed by atoms with Crippen LogP contribution in [-0.2, 0) is 17.7 Å². The zero-order chi connectivity index (χ0) is 26.7. The molecule has 0 bridgehead atoms. The van der Waals surface area contributed by atoms with Crippen LogP contribution in [0.15, 0.2) is 48.7 Å². The van der Waals surface area contributed by atoms with Gasteiger partial charge < -0.3 is 19.5 Å². The van der Waals surface area contributed by atoms with Crippen LogP contribution in [0, 0.1) is 19.3 Å². The van der Waals surface area contributed by atoms with E-state index in [4.69, 9.17) is 11.2 Å². The Labute approximate surface area is 226 Å². The van der Waals surface area contributed by atoms with Crippen molar-refractivity contribution >= 4 is 22.7 Å². The van der Waals surface area contributed by atoms with E-state index in [-0.39, 0.29) is 11.8 Å². The van der Waals surface area contributed by atoms with E-state index in [1.54, 1.807) is 0 Å². The van der Waals surface area contributed by atoms with Gasteiger partial charge in [-0.25, -0.2) is 0 Å². The fourth-order valence-electron chi connectivity index (χ4n) is 4.97. The molecule has 1 fully saturated rings. The molecule has 0 unspecified atom stereocenters. The number of carbonyl (C=O) groups is 2. The molecule has 1 aliphatic heterocycles. The summed E-state index contributed by atoms with van der Waals surface area (Å²) in [4.78, 5) is 27.5. The average molecular weight is 514 g/mol. The van der Waals surface area contributed by atoms with E-state index in [9.17, 15) is 9.59 Å². The number of fused-ring (bicyclic) bond motifs is 1. The molecule has 4 rings (SSSR count). The lowest BCUT2D eigenvalue weighted by Gasteiger charge is -2.26. The summed E-state index contributed by atoms with van der Waals surface area (Å²) in [5.41, 5.74) is 4.98. The van der Waals surface area contributed by atoms with Crippen LogP contribution in [0.25, 0.3) is 10.9 Å². The fraction of sp³-hybridized carbons (Fsp3) is 0.438. The Hall–Kier alpha value is -3.56. The SMILES string of the molecule is C#CCCCCCNC(=O)c1ccc(CCCCn2cc(C(=O)N3CCOCC3)c3cc(C)ccc32)cc1. The third-order valence-electron chi connectivity index (χ3n) is 7.18. The minimum absolute atomic E-state index is 0.0225. The number of hydrogen-bond donors (Lipinski definition) is 1. The fourth-order valence-corrected chi connectivity index (χ4v) is 4.97. The molecule has 200 valence electrons. The molecule has 6 nitrogen and oxygen atoms in total. The van der Waals surface area contributed by atoms with Crippen molar-refractivity contribution in [3.05, 3.63) is 70.9 Å². The quantitative estimate of drug-likeness (QED) is 0.262. The first-order chi connectivity index (χ1) is 18.6. The van der Waals surface area contributed by atoms with Crippen molar-refractivity contribution in [2.75, 3.05) is 32.8 Å². The number of rotatable bonds is 12. The first kappa shape index (κ1) is 27.5. The van der Waals surface area contributed by atoms with E-state index in [2.05, 4.69) is 53.1 Å². The lowest BCUT2D eigenvalue weighted by molar-refractivity contribution is 0.0304. The second-order valence-corrected chi connectivity index (χ2v) is 10.1. The van der Waals surface area contributed by atoms with Gasteiger partial charge in [-0.3, -0.25) is 9.59 Å². The number of morpholine rings is 1. The molecule has 2 aromatic carbocycles. The van der Waals surface area contributed by atoms with Crippen molar-refractivity contribution < 1.29 is 14.3 Å². The third kappa shape index (κ3) is 7.26. The Morgan fingerprint density at radius 1 is 1.00 bits per heavy atom. The summed E-state index contributed by atoms with van der Waals surface area (Å²) < 4.78 is 7.65. The molecular formula is C32H39N3O3. The number of benzene rings is 2. The van der Waals surface area contributed by atoms with Gasteiger partial charge in [0, 0.05) is 55.3 Å². The number of carbonyl (C=O) groups excluding carboxylic acids is 2. The average Bonchev–Trinajstić information content (AvgIpc) is 3.30. The number of aryl methyl sites for hydroxylation is 3. The number of nitrogens with zero attached hydrogens (tertiary/aromatic N) is 2. The summed E-state index contributed by atoms with van der Waals surface area (Å²) in [6.45, 7) is 6.09. The Balaban J connectivity index is 1.28. The normalized spacial score (nSPS) is 13.4. The zero-order valence-corrected chi connectivity index (χ0v) is 22.5. The molecule has 0 radical (unpaired) electrons. The van der Waals surface area contributed by atoms with Gasteiger partial charge in [-0.15, -0.1) is 12.3 Å². The predicted molar refractivity (Wildman–Crippen MR) is 152 cm³/mol. The lowest BCUT2D eigenvalue weighted by atomic mass is 10.1. The topological polar surface area (TPSA) is 63.6 Å². The zero-order valence-electron chi connectivity index (χ0n) is 22.5. The van der Waals surface area contributed by atoms with E-state index >= 15 is 0 Å². The van der Waals surface area contributed by atoms with E-state index in [0.29, 0.717) is 38.4 Å². The molecule has 0 atom stereocenters. The molecule has 1 saturated heterocycles. The lowest BCUT2D eigenvalue weighted by Crippen LogP contribution is -2.40. The molecule has 38 heavy (non-hydrogen) atoms. The maximum Gasteiger partial charge on any atom is 0.256 e. The summed E-state index contributed by atoms with van der Waals surface area (Å²) in [6, 6.07) is 14.3. The van der Waals surface area contributed by atoms with Crippen LogP contribution in [0.3, 0.4) is 0 Å². The van der Waals surface area contributed by atoms with Crippen LogP contribution >= 0.6 is 0 Å². The van der Waals surface area contributed by atoms with Gasteiger partial charge in [0.1, 0.15) is 0 Å². The molecule has 0 saturated carbocycles. The van der Waals surface area contributed by atoms with Crippen molar-refractivity contribution in [2.45, 2.75) is 58.4 Å². The van der Waals surface area contributed by atoms with Gasteiger partial charge in [0.25, 0.3) is 11.8 Å². The van der Waals surface area contributed by atoms with Crippen LogP contribution in [0.2, 0.25) is 0 Å². The van der Waals surface area contributed by atoms with Crippen molar-refractivity contribution in [2.24, 2.45) is 0 Å². The minimum Gasteiger partial charge on any atom is -0.378 e. The van der Waals surface area contributed by atoms with Crippen molar-refractivity contribution in [1.82, 2.24) is 14.8 Å². The largest absolute Gasteiger partial charge is 0.378 e. The number of ether oxygens (including phenoxy) is 1. The molecular weight excluding hydrogens is 474 g/mol. The number of aromatic nitrogens is 1. The summed E-state index contributed by atoms with van der Waals surface area (Å²) >= 11 is 0. The van der Waals surface area contributed by atoms with Gasteiger partial charge in [-0.2, -0.15) is 0 Å². The van der Waals surface area contributed by atoms with Crippen LogP contribution < -0.4 is 5.32 Å². The second-order valence-electron chi connectivity index (χ2n) is 10.1. The third-order valence-corrected chi connectivity index (χ3v) is 7.18. The number of hydrogen-bond acceptors (Lipinski definition) is 3. The highest BCUT2D eigenvalue weighted by Gasteiger charge is 2.22. The van der Waals surface area contributed by atoms with Crippen LogP contribution in [0.4, 0.5) is 0 Å². The van der Waals surface area contributed by atoms with Crippen molar-refractivity contribution in [3.8, 4) is 12.3 Å². The van der Waals surface area contributed by atoms with Gasteiger partial charge in [0.05, 0.1) is 18.8 Å². The van der Waals surface area contributed by atoms with Gasteiger partial charge in [0.15, 0.2) is 0 Å². The molecule has 1 aliphatic rings. The molecule has 6 heteroatoms. The molecule has 1 N–H and O–H groups in total. The standard InChI is InChI=1S/C32H39N3O3/c1-3-4-5-6-8-17-33-31(36)27-14-12-26(13-15-27)10-7-9-18-35-24-29(28-23-25(2)11-16-30(28)35)32(37)34-19-21-38-22-20-34/h1,11-16,23-24H,4-10,17-22H2,2H3,(H,33,36). The Morgan fingerprint density at radius 3 is 2.55 bits per heavy atom. The molecule has 0 spiro atoms. The second kappa shape index (κ2) is 13.8. The van der Waals surface area contributed by atoms with Crippen LogP contribution in [0.5, 0.6) is 0 Å². The smallest absolute Gasteiger partial charge is 0.256 e. The number of amides is 2. The maximum absolute atomic E-state index is 13.3. The highest BCUT2D eigenvalue weighted by atomic mass is 16.5. The van der Waals surface area contributed by atoms with E-state index in [1.165, 1.54) is 5.56 Å². The summed E-state index contributed by atoms with van der Waals surface area (Å²) in [5, 5.41) is 4.02. The Morgan fingerprint density at radius 2 is 1.79 bits per heavy atom. The van der Waals surface area contributed by atoms with Crippen molar-refractivity contribution in [1.29, 1.82) is 0 Å². The monoisotopic (exact) mass is 513 g/mol. The predicted octanol–water partition coefficient (Wildman–Crippen LogP) is 5.37. The summed E-state index contributed by atoms with van der Waals surface area (Å²) in [7, 11) is 0. The molecule has 2 amide bonds. The van der Waals surface area contributed by atoms with E-state index < -0.39 is 0 Å². The van der Waals surface area contributed by atoms with Gasteiger partial charge in [-0.05, 0) is 68.9 Å². The summed E-state index contributed by atoms with van der Waals surface area (Å²) in [5.74, 6) is 2.71. The van der Waals surface area contributed by atoms with Crippen LogP contribution in [-0.4, -0.2) is 54.1 Å². The molecule has 0 aliphatic carbocycles. The van der Waals surface area contributed by atoms with E-state index in [0.717, 1.165) is 73.5 Å². The first-order valence-corrected chi connectivity index (χ1v) is 13.8. The minimum atomic E-state index is -0.0225. The van der Waals surface area contributed by atoms with Crippen LogP contribution in [0.1, 0.15) is 70.4 Å². The van der Waals surface area contributed by atoms with E-state index in [1.807, 2.05) is 23.2 Å². The Bertz CT molecular complexity index is 1260. The number of nitrogens with one attached hydrogen (secondary N) is 1. The summed E-state index contributed by atoms with van der Waals surface area (Å²) in [6.07, 6.45) is 14.1. The molecule has 3 aromatic rings. The maximum atomic E-state index is 13.3. The Kier molecular flexibility index (Phi) is 10.0. The number of terminal acetylenes is 1. The molecule has 1 aromatic heterocycles. The van der Waals surface area contributed by atoms with Gasteiger partial charge in [-0.1, -0.05) is 30.2 Å². The van der Waals surface area contributed by atoms with Crippen molar-refractivity contribution in [3.63, 3.8) is 0 Å². The van der Waals surface area contributed by atoms with Gasteiger partial charge >= 0.3 is 0 Å². The highest BCUT2D eigenvalue weighted by molar-refractivity contribution is 6.07. The highest BCUT2D eigenvalue weighted by Crippen LogP contribution is 2.25. The van der Waals surface area contributed by atoms with Gasteiger partial charge in [0.2, 0.25) is 0 Å².